The lowest BCUT2D eigenvalue weighted by Gasteiger charge is -2.24. The van der Waals surface area contributed by atoms with Crippen molar-refractivity contribution in [1.29, 1.82) is 0 Å². The minimum absolute atomic E-state index is 0.00390. The summed E-state index contributed by atoms with van der Waals surface area (Å²) in [6, 6.07) is 5.84. The molecule has 94 valence electrons. The topological polar surface area (TPSA) is 86.7 Å². The van der Waals surface area contributed by atoms with Crippen molar-refractivity contribution >= 4 is 17.6 Å². The minimum Gasteiger partial charge on any atom is -0.508 e. The van der Waals surface area contributed by atoms with Gasteiger partial charge in [0.2, 0.25) is 11.8 Å². The molecular formula is C12H12N2O4. The molecule has 0 saturated carbocycles. The standard InChI is InChI=1S/C12H12N2O4/c15-9-3-1-8(2-4-9)10(16)5-14-6-11(17)13-12(18)7-14/h1-4,15H,5-7H2,(H,13,17,18). The molecule has 0 radical (unpaired) electrons. The van der Waals surface area contributed by atoms with Crippen LogP contribution in [0.25, 0.3) is 0 Å². The van der Waals surface area contributed by atoms with E-state index in [1.165, 1.54) is 29.2 Å². The van der Waals surface area contributed by atoms with Crippen LogP contribution in [0.3, 0.4) is 0 Å². The number of nitrogens with one attached hydrogen (secondary N) is 1. The van der Waals surface area contributed by atoms with Crippen molar-refractivity contribution in [3.8, 4) is 5.75 Å². The molecule has 1 aromatic rings. The van der Waals surface area contributed by atoms with E-state index in [2.05, 4.69) is 5.32 Å². The van der Waals surface area contributed by atoms with Crippen LogP contribution in [0.2, 0.25) is 0 Å². The fraction of sp³-hybridized carbons (Fsp3) is 0.250. The summed E-state index contributed by atoms with van der Waals surface area (Å²) in [4.78, 5) is 35.6. The van der Waals surface area contributed by atoms with Crippen LogP contribution in [0.4, 0.5) is 0 Å². The first-order chi connectivity index (χ1) is 8.54. The Bertz CT molecular complexity index is 479. The third kappa shape index (κ3) is 2.92. The quantitative estimate of drug-likeness (QED) is 0.558. The Morgan fingerprint density at radius 3 is 2.28 bits per heavy atom. The Hall–Kier alpha value is -2.21. The zero-order chi connectivity index (χ0) is 13.1. The fourth-order valence-electron chi connectivity index (χ4n) is 1.75. The van der Waals surface area contributed by atoms with Gasteiger partial charge in [-0.05, 0) is 24.3 Å². The van der Waals surface area contributed by atoms with Crippen molar-refractivity contribution in [2.45, 2.75) is 0 Å². The molecule has 0 unspecified atom stereocenters. The number of nitrogens with zero attached hydrogens (tertiary/aromatic N) is 1. The van der Waals surface area contributed by atoms with Crippen LogP contribution < -0.4 is 5.32 Å². The smallest absolute Gasteiger partial charge is 0.240 e. The molecule has 1 saturated heterocycles. The summed E-state index contributed by atoms with van der Waals surface area (Å²) in [6.07, 6.45) is 0. The fourth-order valence-corrected chi connectivity index (χ4v) is 1.75. The predicted molar refractivity (Wildman–Crippen MR) is 62.0 cm³/mol. The van der Waals surface area contributed by atoms with Gasteiger partial charge in [0.15, 0.2) is 5.78 Å². The SMILES string of the molecule is O=C1CN(CC(=O)c2ccc(O)cc2)CC(=O)N1. The van der Waals surface area contributed by atoms with Crippen LogP contribution in [0.1, 0.15) is 10.4 Å². The number of carbonyl (C=O) groups is 3. The van der Waals surface area contributed by atoms with Gasteiger partial charge in [0.05, 0.1) is 19.6 Å². The maximum absolute atomic E-state index is 11.9. The molecule has 0 atom stereocenters. The van der Waals surface area contributed by atoms with Crippen molar-refractivity contribution in [2.75, 3.05) is 19.6 Å². The molecule has 0 bridgehead atoms. The Morgan fingerprint density at radius 2 is 1.72 bits per heavy atom. The Balaban J connectivity index is 2.00. The molecule has 2 N–H and O–H groups in total. The van der Waals surface area contributed by atoms with Crippen LogP contribution in [-0.4, -0.2) is 47.2 Å². The summed E-state index contributed by atoms with van der Waals surface area (Å²) in [6.45, 7) is 0.0784. The zero-order valence-corrected chi connectivity index (χ0v) is 9.55. The summed E-state index contributed by atoms with van der Waals surface area (Å²) >= 11 is 0. The normalized spacial score (nSPS) is 16.4. The number of hydrogen-bond acceptors (Lipinski definition) is 5. The van der Waals surface area contributed by atoms with Gasteiger partial charge >= 0.3 is 0 Å². The van der Waals surface area contributed by atoms with E-state index in [1.807, 2.05) is 0 Å². The maximum Gasteiger partial charge on any atom is 0.240 e. The Labute approximate surface area is 103 Å². The second-order valence-electron chi connectivity index (χ2n) is 4.09. The zero-order valence-electron chi connectivity index (χ0n) is 9.55. The number of carbonyl (C=O) groups excluding carboxylic acids is 3. The van der Waals surface area contributed by atoms with Crippen LogP contribution in [0, 0.1) is 0 Å². The number of piperazine rings is 1. The summed E-state index contributed by atoms with van der Waals surface area (Å²) in [7, 11) is 0. The molecule has 0 aromatic heterocycles. The summed E-state index contributed by atoms with van der Waals surface area (Å²) in [5.41, 5.74) is 0.436. The summed E-state index contributed by atoms with van der Waals surface area (Å²) in [5.74, 6) is -0.911. The van der Waals surface area contributed by atoms with Gasteiger partial charge in [-0.25, -0.2) is 0 Å². The molecule has 2 rings (SSSR count). The van der Waals surface area contributed by atoms with Gasteiger partial charge < -0.3 is 5.11 Å². The second-order valence-corrected chi connectivity index (χ2v) is 4.09. The number of benzene rings is 1. The first kappa shape index (κ1) is 12.3. The molecule has 1 aliphatic heterocycles. The number of amides is 2. The lowest BCUT2D eigenvalue weighted by molar-refractivity contribution is -0.135. The number of hydrogen-bond donors (Lipinski definition) is 2. The van der Waals surface area contributed by atoms with Gasteiger partial charge in [-0.15, -0.1) is 0 Å². The van der Waals surface area contributed by atoms with Gasteiger partial charge in [-0.2, -0.15) is 0 Å². The number of phenols is 1. The van der Waals surface area contributed by atoms with E-state index in [-0.39, 0.29) is 31.2 Å². The molecule has 0 aliphatic carbocycles. The lowest BCUT2D eigenvalue weighted by Crippen LogP contribution is -2.52. The molecule has 2 amide bonds. The van der Waals surface area contributed by atoms with E-state index in [0.29, 0.717) is 5.56 Å². The third-order valence-corrected chi connectivity index (χ3v) is 2.57. The minimum atomic E-state index is -0.398. The number of aromatic hydroxyl groups is 1. The number of Topliss-reactive ketones (excluding diaryl/α,β-unsaturated/α-hetero) is 1. The second kappa shape index (κ2) is 4.97. The van der Waals surface area contributed by atoms with Gasteiger partial charge in [0.1, 0.15) is 5.75 Å². The molecule has 1 fully saturated rings. The van der Waals surface area contributed by atoms with Crippen LogP contribution in [0.15, 0.2) is 24.3 Å². The lowest BCUT2D eigenvalue weighted by atomic mass is 10.1. The van der Waals surface area contributed by atoms with Gasteiger partial charge in [0.25, 0.3) is 0 Å². The highest BCUT2D eigenvalue weighted by Gasteiger charge is 2.24. The molecule has 1 aliphatic rings. The van der Waals surface area contributed by atoms with E-state index >= 15 is 0 Å². The molecular weight excluding hydrogens is 236 g/mol. The Morgan fingerprint density at radius 1 is 1.17 bits per heavy atom. The van der Waals surface area contributed by atoms with E-state index in [1.54, 1.807) is 0 Å². The number of imide groups is 1. The summed E-state index contributed by atoms with van der Waals surface area (Å²) < 4.78 is 0. The monoisotopic (exact) mass is 248 g/mol. The largest absolute Gasteiger partial charge is 0.508 e. The van der Waals surface area contributed by atoms with Crippen molar-refractivity contribution in [3.05, 3.63) is 29.8 Å². The van der Waals surface area contributed by atoms with Crippen LogP contribution >= 0.6 is 0 Å². The molecule has 0 spiro atoms. The van der Waals surface area contributed by atoms with Crippen molar-refractivity contribution < 1.29 is 19.5 Å². The first-order valence-electron chi connectivity index (χ1n) is 5.42. The average molecular weight is 248 g/mol. The van der Waals surface area contributed by atoms with E-state index < -0.39 is 11.8 Å². The average Bonchev–Trinajstić information content (AvgIpc) is 2.28. The molecule has 1 aromatic carbocycles. The van der Waals surface area contributed by atoms with E-state index in [4.69, 9.17) is 5.11 Å². The number of ketones is 1. The van der Waals surface area contributed by atoms with Gasteiger partial charge in [-0.3, -0.25) is 24.6 Å². The van der Waals surface area contributed by atoms with Gasteiger partial charge in [-0.1, -0.05) is 0 Å². The molecule has 6 nitrogen and oxygen atoms in total. The van der Waals surface area contributed by atoms with Crippen molar-refractivity contribution in [3.63, 3.8) is 0 Å². The summed E-state index contributed by atoms with van der Waals surface area (Å²) in [5, 5.41) is 11.3. The predicted octanol–water partition coefficient (Wildman–Crippen LogP) is -0.467. The van der Waals surface area contributed by atoms with Crippen LogP contribution in [0.5, 0.6) is 5.75 Å². The molecule has 6 heteroatoms. The van der Waals surface area contributed by atoms with E-state index in [9.17, 15) is 14.4 Å². The van der Waals surface area contributed by atoms with Crippen LogP contribution in [-0.2, 0) is 9.59 Å². The number of rotatable bonds is 3. The third-order valence-electron chi connectivity index (χ3n) is 2.57. The maximum atomic E-state index is 11.9. The highest BCUT2D eigenvalue weighted by atomic mass is 16.3. The number of phenolic OH excluding ortho intramolecular Hbond substituents is 1. The van der Waals surface area contributed by atoms with Gasteiger partial charge in [0, 0.05) is 5.56 Å². The van der Waals surface area contributed by atoms with Crippen molar-refractivity contribution in [1.82, 2.24) is 10.2 Å². The van der Waals surface area contributed by atoms with Crippen molar-refractivity contribution in [2.24, 2.45) is 0 Å². The highest BCUT2D eigenvalue weighted by molar-refractivity contribution is 6.01. The molecule has 1 heterocycles. The Kier molecular flexibility index (Phi) is 3.38. The first-order valence-corrected chi connectivity index (χ1v) is 5.42. The van der Waals surface area contributed by atoms with E-state index in [0.717, 1.165) is 0 Å². The highest BCUT2D eigenvalue weighted by Crippen LogP contribution is 2.10. The molecule has 18 heavy (non-hydrogen) atoms.